The van der Waals surface area contributed by atoms with E-state index in [4.69, 9.17) is 16.3 Å². The lowest BCUT2D eigenvalue weighted by atomic mass is 9.48. The van der Waals surface area contributed by atoms with Crippen LogP contribution in [0, 0.1) is 17.8 Å². The minimum Gasteiger partial charge on any atom is -0.467 e. The predicted octanol–water partition coefficient (Wildman–Crippen LogP) is 6.33. The number of likely N-dealkylation sites (tertiary alicyclic amines) is 1. The normalized spacial score (nSPS) is 31.0. The van der Waals surface area contributed by atoms with Crippen molar-refractivity contribution in [2.45, 2.75) is 62.8 Å². The van der Waals surface area contributed by atoms with Crippen LogP contribution in [0.15, 0.2) is 42.5 Å². The summed E-state index contributed by atoms with van der Waals surface area (Å²) in [6, 6.07) is 13.5. The van der Waals surface area contributed by atoms with Crippen molar-refractivity contribution in [1.29, 1.82) is 0 Å². The number of hydrogen-bond donors (Lipinski definition) is 1. The average molecular weight is 493 g/mol. The van der Waals surface area contributed by atoms with Crippen LogP contribution in [0.5, 0.6) is 0 Å². The zero-order valence-electron chi connectivity index (χ0n) is 20.3. The Bertz CT molecular complexity index is 1110. The molecule has 0 unspecified atom stereocenters. The minimum absolute atomic E-state index is 0.137. The van der Waals surface area contributed by atoms with E-state index in [1.165, 1.54) is 51.2 Å². The van der Waals surface area contributed by atoms with Crippen LogP contribution in [0.4, 0.5) is 11.4 Å². The molecule has 2 aromatic carbocycles. The van der Waals surface area contributed by atoms with E-state index in [-0.39, 0.29) is 11.9 Å². The number of anilines is 2. The van der Waals surface area contributed by atoms with Gasteiger partial charge in [-0.05, 0) is 116 Å². The van der Waals surface area contributed by atoms with E-state index in [1.54, 1.807) is 17.0 Å². The third-order valence-electron chi connectivity index (χ3n) is 9.02. The van der Waals surface area contributed by atoms with Gasteiger partial charge in [-0.3, -0.25) is 4.79 Å². The molecule has 5 aliphatic rings. The Morgan fingerprint density at radius 2 is 1.66 bits per heavy atom. The number of amides is 1. The largest absolute Gasteiger partial charge is 0.467 e. The molecular weight excluding hydrogens is 460 g/mol. The molecule has 2 aromatic rings. The van der Waals surface area contributed by atoms with E-state index in [9.17, 15) is 9.59 Å². The zero-order valence-corrected chi connectivity index (χ0v) is 21.0. The first-order valence-corrected chi connectivity index (χ1v) is 13.4. The Balaban J connectivity index is 1.15. The maximum atomic E-state index is 13.0. The van der Waals surface area contributed by atoms with Crippen molar-refractivity contribution < 1.29 is 14.3 Å². The monoisotopic (exact) mass is 492 g/mol. The Labute approximate surface area is 212 Å². The van der Waals surface area contributed by atoms with Crippen LogP contribution >= 0.6 is 11.6 Å². The number of nitrogens with zero attached hydrogens (tertiary/aromatic N) is 1. The molecule has 4 saturated carbocycles. The molecule has 0 spiro atoms. The molecule has 1 N–H and O–H groups in total. The second-order valence-corrected chi connectivity index (χ2v) is 11.7. The molecule has 1 atom stereocenters. The summed E-state index contributed by atoms with van der Waals surface area (Å²) in [5.74, 6) is 2.23. The lowest BCUT2D eigenvalue weighted by Gasteiger charge is -2.57. The number of hydrogen-bond acceptors (Lipinski definition) is 4. The number of carbonyl (C=O) groups excluding carboxylic acids is 2. The Kier molecular flexibility index (Phi) is 5.79. The molecule has 184 valence electrons. The van der Waals surface area contributed by atoms with Crippen LogP contribution in [-0.2, 0) is 14.9 Å². The summed E-state index contributed by atoms with van der Waals surface area (Å²) >= 11 is 6.78. The number of methoxy groups -OCH3 is 1. The first kappa shape index (κ1) is 22.9. The van der Waals surface area contributed by atoms with Gasteiger partial charge in [0.25, 0.3) is 5.91 Å². The van der Waals surface area contributed by atoms with Crippen LogP contribution in [0.2, 0.25) is 5.02 Å². The summed E-state index contributed by atoms with van der Waals surface area (Å²) in [5.41, 5.74) is 4.06. The van der Waals surface area contributed by atoms with Gasteiger partial charge in [0.15, 0.2) is 0 Å². The lowest BCUT2D eigenvalue weighted by Crippen LogP contribution is -2.48. The molecule has 4 bridgehead atoms. The first-order valence-electron chi connectivity index (χ1n) is 13.0. The quantitative estimate of drug-likeness (QED) is 0.495. The van der Waals surface area contributed by atoms with Gasteiger partial charge < -0.3 is 15.0 Å². The van der Waals surface area contributed by atoms with Crippen molar-refractivity contribution in [1.82, 2.24) is 4.90 Å². The van der Waals surface area contributed by atoms with Gasteiger partial charge >= 0.3 is 5.97 Å². The molecule has 7 rings (SSSR count). The highest BCUT2D eigenvalue weighted by atomic mass is 35.5. The number of nitrogens with one attached hydrogen (secondary N) is 1. The number of halogens is 1. The molecule has 5 fully saturated rings. The molecule has 4 aliphatic carbocycles. The fourth-order valence-electron chi connectivity index (χ4n) is 7.82. The van der Waals surface area contributed by atoms with Gasteiger partial charge in [-0.1, -0.05) is 17.7 Å². The number of rotatable bonds is 5. The van der Waals surface area contributed by atoms with Crippen LogP contribution in [0.1, 0.15) is 67.3 Å². The third kappa shape index (κ3) is 4.12. The zero-order chi connectivity index (χ0) is 24.2. The van der Waals surface area contributed by atoms with E-state index in [1.807, 2.05) is 12.1 Å². The van der Waals surface area contributed by atoms with Gasteiger partial charge in [-0.15, -0.1) is 0 Å². The number of benzene rings is 2. The van der Waals surface area contributed by atoms with Crippen molar-refractivity contribution in [2.24, 2.45) is 17.8 Å². The highest BCUT2D eigenvalue weighted by molar-refractivity contribution is 6.33. The molecule has 6 heteroatoms. The van der Waals surface area contributed by atoms with E-state index in [0.717, 1.165) is 40.6 Å². The molecular formula is C29H33ClN2O3. The molecule has 0 radical (unpaired) electrons. The SMILES string of the molecule is COC(=O)[C@@H]1CCCN1C(=O)c1ccc(Nc2ccc(C34CC5CC(CC(C5)C3)C4)cc2Cl)cc1. The average Bonchev–Trinajstić information content (AvgIpc) is 3.34. The fraction of sp³-hybridized carbons (Fsp3) is 0.517. The molecule has 1 amide bonds. The van der Waals surface area contributed by atoms with Gasteiger partial charge in [0.1, 0.15) is 6.04 Å². The van der Waals surface area contributed by atoms with Gasteiger partial charge in [0.2, 0.25) is 0 Å². The Morgan fingerprint density at radius 3 is 2.26 bits per heavy atom. The smallest absolute Gasteiger partial charge is 0.328 e. The highest BCUT2D eigenvalue weighted by Crippen LogP contribution is 2.61. The maximum Gasteiger partial charge on any atom is 0.328 e. The second-order valence-electron chi connectivity index (χ2n) is 11.3. The van der Waals surface area contributed by atoms with Crippen molar-refractivity contribution in [3.05, 3.63) is 58.6 Å². The second kappa shape index (κ2) is 8.85. The number of esters is 1. The fourth-order valence-corrected chi connectivity index (χ4v) is 8.05. The maximum absolute atomic E-state index is 13.0. The number of ether oxygens (including phenoxy) is 1. The van der Waals surface area contributed by atoms with Gasteiger partial charge in [-0.2, -0.15) is 0 Å². The highest BCUT2D eigenvalue weighted by Gasteiger charge is 2.51. The molecule has 1 saturated heterocycles. The molecule has 35 heavy (non-hydrogen) atoms. The van der Waals surface area contributed by atoms with Gasteiger partial charge in [0.05, 0.1) is 17.8 Å². The van der Waals surface area contributed by atoms with Gasteiger partial charge in [-0.25, -0.2) is 4.79 Å². The first-order chi connectivity index (χ1) is 16.9. The summed E-state index contributed by atoms with van der Waals surface area (Å²) in [4.78, 5) is 26.6. The molecule has 1 aliphatic heterocycles. The molecule has 0 aromatic heterocycles. The summed E-state index contributed by atoms with van der Waals surface area (Å²) in [7, 11) is 1.37. The number of carbonyl (C=O) groups is 2. The van der Waals surface area contributed by atoms with Crippen molar-refractivity contribution >= 4 is 34.9 Å². The van der Waals surface area contributed by atoms with Crippen LogP contribution in [0.3, 0.4) is 0 Å². The van der Waals surface area contributed by atoms with E-state index >= 15 is 0 Å². The standard InChI is InChI=1S/C29H33ClN2O3/c1-35-28(34)26-3-2-10-32(26)27(33)21-4-7-23(8-5-21)31-25-9-6-22(14-24(25)30)29-15-18-11-19(16-29)13-20(12-18)17-29/h4-9,14,18-20,26,31H,2-3,10-13,15-17H2,1H3/t18?,19?,20?,26-,29?/m0/s1. The van der Waals surface area contributed by atoms with Crippen LogP contribution < -0.4 is 5.32 Å². The van der Waals surface area contributed by atoms with E-state index in [2.05, 4.69) is 23.5 Å². The summed E-state index contributed by atoms with van der Waals surface area (Å²) in [6.45, 7) is 0.574. The summed E-state index contributed by atoms with van der Waals surface area (Å²) in [6.07, 6.45) is 9.74. The lowest BCUT2D eigenvalue weighted by molar-refractivity contribution is -0.145. The van der Waals surface area contributed by atoms with Crippen LogP contribution in [-0.4, -0.2) is 36.5 Å². The minimum atomic E-state index is -0.489. The van der Waals surface area contributed by atoms with Crippen LogP contribution in [0.25, 0.3) is 0 Å². The predicted molar refractivity (Wildman–Crippen MR) is 137 cm³/mol. The molecule has 5 nitrogen and oxygen atoms in total. The summed E-state index contributed by atoms with van der Waals surface area (Å²) < 4.78 is 4.87. The summed E-state index contributed by atoms with van der Waals surface area (Å²) in [5, 5.41) is 4.16. The molecule has 1 heterocycles. The van der Waals surface area contributed by atoms with E-state index in [0.29, 0.717) is 23.9 Å². The van der Waals surface area contributed by atoms with Crippen molar-refractivity contribution in [3.8, 4) is 0 Å². The Hall–Kier alpha value is -2.53. The van der Waals surface area contributed by atoms with Gasteiger partial charge in [0, 0.05) is 17.8 Å². The van der Waals surface area contributed by atoms with Crippen molar-refractivity contribution in [2.75, 3.05) is 19.0 Å². The third-order valence-corrected chi connectivity index (χ3v) is 9.33. The Morgan fingerprint density at radius 1 is 1.00 bits per heavy atom. The topological polar surface area (TPSA) is 58.6 Å². The van der Waals surface area contributed by atoms with E-state index < -0.39 is 6.04 Å². The van der Waals surface area contributed by atoms with Crippen molar-refractivity contribution in [3.63, 3.8) is 0 Å².